The van der Waals surface area contributed by atoms with Crippen LogP contribution in [0.4, 0.5) is 0 Å². The number of nitrogens with one attached hydrogen (secondary N) is 1. The molecule has 0 aliphatic carbocycles. The van der Waals surface area contributed by atoms with Crippen LogP contribution in [0.2, 0.25) is 0 Å². The minimum absolute atomic E-state index is 0.436. The molecule has 0 saturated carbocycles. The van der Waals surface area contributed by atoms with Crippen LogP contribution < -0.4 is 10.1 Å². The number of rotatable bonds is 2. The topological polar surface area (TPSA) is 47.0 Å². The highest BCUT2D eigenvalue weighted by Gasteiger charge is 2.19. The Labute approximate surface area is 71.0 Å². The Morgan fingerprint density at radius 2 is 2.08 bits per heavy atom. The third-order valence-corrected chi connectivity index (χ3v) is 2.08. The van der Waals surface area contributed by atoms with E-state index >= 15 is 0 Å². The summed E-state index contributed by atoms with van der Waals surface area (Å²) in [7, 11) is 1.57. The van der Waals surface area contributed by atoms with Gasteiger partial charge in [-0.25, -0.2) is 9.97 Å². The summed E-state index contributed by atoms with van der Waals surface area (Å²) < 4.78 is 4.86. The van der Waals surface area contributed by atoms with Gasteiger partial charge in [0.25, 0.3) is 0 Å². The van der Waals surface area contributed by atoms with Crippen LogP contribution in [0.3, 0.4) is 0 Å². The van der Waals surface area contributed by atoms with Gasteiger partial charge in [-0.05, 0) is 5.56 Å². The van der Waals surface area contributed by atoms with E-state index in [0.29, 0.717) is 11.9 Å². The van der Waals surface area contributed by atoms with Gasteiger partial charge < -0.3 is 10.1 Å². The molecular formula is C8H11N3O. The minimum atomic E-state index is 0.436. The Morgan fingerprint density at radius 1 is 1.42 bits per heavy atom. The van der Waals surface area contributed by atoms with Crippen molar-refractivity contribution in [2.75, 3.05) is 20.2 Å². The predicted octanol–water partition coefficient (Wildman–Crippen LogP) is 0.172. The van der Waals surface area contributed by atoms with Crippen molar-refractivity contribution in [3.8, 4) is 6.01 Å². The highest BCUT2D eigenvalue weighted by atomic mass is 16.5. The predicted molar refractivity (Wildman–Crippen MR) is 44.2 cm³/mol. The van der Waals surface area contributed by atoms with Gasteiger partial charge in [0.05, 0.1) is 7.11 Å². The maximum Gasteiger partial charge on any atom is 0.316 e. The SMILES string of the molecule is COc1ncc(C2CNC2)cn1. The van der Waals surface area contributed by atoms with Gasteiger partial charge >= 0.3 is 6.01 Å². The number of nitrogens with zero attached hydrogens (tertiary/aromatic N) is 2. The van der Waals surface area contributed by atoms with Crippen LogP contribution in [-0.4, -0.2) is 30.2 Å². The average molecular weight is 165 g/mol. The van der Waals surface area contributed by atoms with Gasteiger partial charge in [-0.1, -0.05) is 0 Å². The van der Waals surface area contributed by atoms with E-state index in [4.69, 9.17) is 4.74 Å². The number of ether oxygens (including phenoxy) is 1. The fourth-order valence-electron chi connectivity index (χ4n) is 1.17. The molecule has 1 aromatic heterocycles. The van der Waals surface area contributed by atoms with Crippen molar-refractivity contribution in [1.29, 1.82) is 0 Å². The van der Waals surface area contributed by atoms with Crippen molar-refractivity contribution < 1.29 is 4.74 Å². The second-order valence-electron chi connectivity index (χ2n) is 2.86. The molecule has 2 heterocycles. The summed E-state index contributed by atoms with van der Waals surface area (Å²) >= 11 is 0. The highest BCUT2D eigenvalue weighted by Crippen LogP contribution is 2.18. The van der Waals surface area contributed by atoms with Crippen LogP contribution in [0.1, 0.15) is 11.5 Å². The van der Waals surface area contributed by atoms with Crippen molar-refractivity contribution in [2.24, 2.45) is 0 Å². The Balaban J connectivity index is 2.13. The van der Waals surface area contributed by atoms with Crippen LogP contribution in [0, 0.1) is 0 Å². The maximum atomic E-state index is 4.86. The second-order valence-corrected chi connectivity index (χ2v) is 2.86. The lowest BCUT2D eigenvalue weighted by Crippen LogP contribution is -2.39. The summed E-state index contributed by atoms with van der Waals surface area (Å²) in [6.45, 7) is 2.07. The zero-order valence-electron chi connectivity index (χ0n) is 6.95. The second kappa shape index (κ2) is 3.06. The van der Waals surface area contributed by atoms with Gasteiger partial charge in [0.15, 0.2) is 0 Å². The van der Waals surface area contributed by atoms with Gasteiger partial charge in [0, 0.05) is 31.4 Å². The van der Waals surface area contributed by atoms with E-state index < -0.39 is 0 Å². The fraction of sp³-hybridized carbons (Fsp3) is 0.500. The van der Waals surface area contributed by atoms with E-state index in [9.17, 15) is 0 Å². The summed E-state index contributed by atoms with van der Waals surface area (Å²) in [4.78, 5) is 8.08. The van der Waals surface area contributed by atoms with E-state index in [2.05, 4.69) is 15.3 Å². The summed E-state index contributed by atoms with van der Waals surface area (Å²) in [5, 5.41) is 3.20. The molecule has 1 N–H and O–H groups in total. The first-order valence-corrected chi connectivity index (χ1v) is 3.97. The molecule has 2 rings (SSSR count). The molecule has 64 valence electrons. The molecule has 0 spiro atoms. The van der Waals surface area contributed by atoms with Crippen LogP contribution in [0.25, 0.3) is 0 Å². The van der Waals surface area contributed by atoms with Crippen molar-refractivity contribution >= 4 is 0 Å². The molecule has 1 aliphatic rings. The third-order valence-electron chi connectivity index (χ3n) is 2.08. The van der Waals surface area contributed by atoms with Crippen LogP contribution in [0.15, 0.2) is 12.4 Å². The first-order chi connectivity index (χ1) is 5.90. The largest absolute Gasteiger partial charge is 0.467 e. The molecule has 0 aromatic carbocycles. The normalized spacial score (nSPS) is 17.1. The Kier molecular flexibility index (Phi) is 1.91. The van der Waals surface area contributed by atoms with Crippen LogP contribution in [0.5, 0.6) is 6.01 Å². The molecule has 4 heteroatoms. The lowest BCUT2D eigenvalue weighted by Gasteiger charge is -2.26. The quantitative estimate of drug-likeness (QED) is 0.678. The first-order valence-electron chi connectivity index (χ1n) is 3.97. The summed E-state index contributed by atoms with van der Waals surface area (Å²) in [5.74, 6) is 0.593. The van der Waals surface area contributed by atoms with E-state index in [-0.39, 0.29) is 0 Å². The monoisotopic (exact) mass is 165 g/mol. The maximum absolute atomic E-state index is 4.86. The van der Waals surface area contributed by atoms with E-state index in [1.807, 2.05) is 12.4 Å². The lowest BCUT2D eigenvalue weighted by atomic mass is 9.97. The molecule has 4 nitrogen and oxygen atoms in total. The number of hydrogen-bond donors (Lipinski definition) is 1. The molecule has 1 aromatic rings. The van der Waals surface area contributed by atoms with Gasteiger partial charge in [-0.2, -0.15) is 0 Å². The number of methoxy groups -OCH3 is 1. The molecule has 0 amide bonds. The zero-order valence-corrected chi connectivity index (χ0v) is 6.95. The standard InChI is InChI=1S/C8H11N3O/c1-12-8-10-4-7(5-11-8)6-2-9-3-6/h4-6,9H,2-3H2,1H3. The molecule has 1 aliphatic heterocycles. The van der Waals surface area contributed by atoms with Crippen LogP contribution in [-0.2, 0) is 0 Å². The van der Waals surface area contributed by atoms with Gasteiger partial charge in [0.1, 0.15) is 0 Å². The summed E-state index contributed by atoms with van der Waals surface area (Å²) in [6.07, 6.45) is 3.66. The summed E-state index contributed by atoms with van der Waals surface area (Å²) in [6, 6.07) is 0.436. The van der Waals surface area contributed by atoms with Crippen molar-refractivity contribution in [2.45, 2.75) is 5.92 Å². The highest BCUT2D eigenvalue weighted by molar-refractivity contribution is 5.16. The Bertz CT molecular complexity index is 256. The van der Waals surface area contributed by atoms with E-state index in [1.165, 1.54) is 5.56 Å². The minimum Gasteiger partial charge on any atom is -0.467 e. The van der Waals surface area contributed by atoms with Gasteiger partial charge in [-0.3, -0.25) is 0 Å². The Hall–Kier alpha value is -1.16. The molecule has 1 saturated heterocycles. The third kappa shape index (κ3) is 1.25. The molecular weight excluding hydrogens is 154 g/mol. The fourth-order valence-corrected chi connectivity index (χ4v) is 1.17. The smallest absolute Gasteiger partial charge is 0.316 e. The number of aromatic nitrogens is 2. The van der Waals surface area contributed by atoms with Crippen molar-refractivity contribution in [3.05, 3.63) is 18.0 Å². The molecule has 0 radical (unpaired) electrons. The molecule has 0 atom stereocenters. The van der Waals surface area contributed by atoms with Crippen molar-refractivity contribution in [3.63, 3.8) is 0 Å². The Morgan fingerprint density at radius 3 is 2.50 bits per heavy atom. The van der Waals surface area contributed by atoms with Crippen LogP contribution >= 0.6 is 0 Å². The van der Waals surface area contributed by atoms with Crippen molar-refractivity contribution in [1.82, 2.24) is 15.3 Å². The summed E-state index contributed by atoms with van der Waals surface area (Å²) in [5.41, 5.74) is 1.19. The van der Waals surface area contributed by atoms with E-state index in [1.54, 1.807) is 7.11 Å². The molecule has 1 fully saturated rings. The average Bonchev–Trinajstić information content (AvgIpc) is 2.03. The lowest BCUT2D eigenvalue weighted by molar-refractivity contribution is 0.376. The first kappa shape index (κ1) is 7.49. The molecule has 0 unspecified atom stereocenters. The number of hydrogen-bond acceptors (Lipinski definition) is 4. The molecule has 0 bridgehead atoms. The van der Waals surface area contributed by atoms with E-state index in [0.717, 1.165) is 13.1 Å². The van der Waals surface area contributed by atoms with Gasteiger partial charge in [-0.15, -0.1) is 0 Å². The zero-order chi connectivity index (χ0) is 8.39. The van der Waals surface area contributed by atoms with Gasteiger partial charge in [0.2, 0.25) is 0 Å². The molecule has 12 heavy (non-hydrogen) atoms.